The Morgan fingerprint density at radius 3 is 2.30 bits per heavy atom. The molecule has 3 nitrogen and oxygen atoms in total. The molecule has 3 rings (SSSR count). The molecule has 1 heterocycles. The second-order valence-corrected chi connectivity index (χ2v) is 8.13. The van der Waals surface area contributed by atoms with Crippen molar-refractivity contribution in [2.75, 3.05) is 6.61 Å². The molecule has 1 aliphatic rings. The number of hydrogen-bond donors (Lipinski definition) is 0. The van der Waals surface area contributed by atoms with Crippen LogP contribution in [0.2, 0.25) is 0 Å². The lowest BCUT2D eigenvalue weighted by molar-refractivity contribution is 0.178. The quantitative estimate of drug-likeness (QED) is 0.543. The van der Waals surface area contributed by atoms with Crippen LogP contribution in [-0.2, 0) is 6.42 Å². The first-order valence-corrected chi connectivity index (χ1v) is 10.7. The Morgan fingerprint density at radius 1 is 0.963 bits per heavy atom. The van der Waals surface area contributed by atoms with Gasteiger partial charge >= 0.3 is 0 Å². The first kappa shape index (κ1) is 19.9. The molecule has 2 aromatic rings. The summed E-state index contributed by atoms with van der Waals surface area (Å²) in [6, 6.07) is 6.29. The molecule has 3 heteroatoms. The zero-order valence-electron chi connectivity index (χ0n) is 17.2. The molecule has 0 amide bonds. The number of rotatable bonds is 8. The van der Waals surface area contributed by atoms with Crippen LogP contribution < -0.4 is 4.74 Å². The van der Waals surface area contributed by atoms with Crippen LogP contribution in [0.1, 0.15) is 69.9 Å². The average Bonchev–Trinajstić information content (AvgIpc) is 2.69. The van der Waals surface area contributed by atoms with Gasteiger partial charge in [-0.15, -0.1) is 0 Å². The molecule has 0 N–H and O–H groups in total. The summed E-state index contributed by atoms with van der Waals surface area (Å²) in [5, 5.41) is 0. The summed E-state index contributed by atoms with van der Waals surface area (Å²) < 4.78 is 6.12. The number of hydrogen-bond acceptors (Lipinski definition) is 3. The molecule has 0 aliphatic heterocycles. The van der Waals surface area contributed by atoms with Gasteiger partial charge in [-0.05, 0) is 67.3 Å². The van der Waals surface area contributed by atoms with Crippen molar-refractivity contribution in [1.29, 1.82) is 0 Å². The van der Waals surface area contributed by atoms with Gasteiger partial charge in [0.1, 0.15) is 5.75 Å². The molecule has 1 fully saturated rings. The summed E-state index contributed by atoms with van der Waals surface area (Å²) in [5.41, 5.74) is 3.46. The third-order valence-electron chi connectivity index (χ3n) is 5.83. The standard InChI is InChI=1S/C24H34N2O/c1-4-6-19-8-10-20(11-9-19)17-27-22-12-13-23(18(3)14-22)24-25-15-21(7-5-2)16-26-24/h12-16,19-20H,4-11,17H2,1-3H3/t19-,20-. The van der Waals surface area contributed by atoms with Crippen LogP contribution in [0.15, 0.2) is 30.6 Å². The van der Waals surface area contributed by atoms with E-state index in [1.807, 2.05) is 12.4 Å². The van der Waals surface area contributed by atoms with Gasteiger partial charge in [-0.2, -0.15) is 0 Å². The molecule has 0 unspecified atom stereocenters. The monoisotopic (exact) mass is 366 g/mol. The normalized spacial score (nSPS) is 19.8. The SMILES string of the molecule is CCCc1cnc(-c2ccc(OC[C@H]3CC[C@H](CCC)CC3)cc2C)nc1. The maximum Gasteiger partial charge on any atom is 0.159 e. The highest BCUT2D eigenvalue weighted by atomic mass is 16.5. The molecule has 27 heavy (non-hydrogen) atoms. The highest BCUT2D eigenvalue weighted by Crippen LogP contribution is 2.32. The second kappa shape index (κ2) is 9.87. The van der Waals surface area contributed by atoms with E-state index in [0.717, 1.165) is 42.5 Å². The summed E-state index contributed by atoms with van der Waals surface area (Å²) in [7, 11) is 0. The van der Waals surface area contributed by atoms with Gasteiger partial charge < -0.3 is 4.74 Å². The summed E-state index contributed by atoms with van der Waals surface area (Å²) in [6.07, 6.45) is 14.2. The van der Waals surface area contributed by atoms with E-state index >= 15 is 0 Å². The topological polar surface area (TPSA) is 35.0 Å². The molecular formula is C24H34N2O. The van der Waals surface area contributed by atoms with E-state index in [4.69, 9.17) is 4.74 Å². The largest absolute Gasteiger partial charge is 0.493 e. The van der Waals surface area contributed by atoms with Gasteiger partial charge in [-0.25, -0.2) is 9.97 Å². The molecule has 1 saturated carbocycles. The van der Waals surface area contributed by atoms with E-state index in [1.54, 1.807) is 0 Å². The Balaban J connectivity index is 1.55. The van der Waals surface area contributed by atoms with Gasteiger partial charge in [0.2, 0.25) is 0 Å². The molecule has 1 aliphatic carbocycles. The van der Waals surface area contributed by atoms with Crippen LogP contribution >= 0.6 is 0 Å². The first-order valence-electron chi connectivity index (χ1n) is 10.7. The number of ether oxygens (including phenoxy) is 1. The van der Waals surface area contributed by atoms with Crippen molar-refractivity contribution in [3.05, 3.63) is 41.7 Å². The van der Waals surface area contributed by atoms with Crippen molar-refractivity contribution in [3.8, 4) is 17.1 Å². The summed E-state index contributed by atoms with van der Waals surface area (Å²) in [6.45, 7) is 7.43. The summed E-state index contributed by atoms with van der Waals surface area (Å²) in [5.74, 6) is 3.44. The lowest BCUT2D eigenvalue weighted by Gasteiger charge is -2.28. The minimum Gasteiger partial charge on any atom is -0.493 e. The highest BCUT2D eigenvalue weighted by molar-refractivity contribution is 5.61. The van der Waals surface area contributed by atoms with E-state index < -0.39 is 0 Å². The van der Waals surface area contributed by atoms with Crippen molar-refractivity contribution in [2.24, 2.45) is 11.8 Å². The first-order chi connectivity index (χ1) is 13.2. The third-order valence-corrected chi connectivity index (χ3v) is 5.83. The van der Waals surface area contributed by atoms with Crippen molar-refractivity contribution in [3.63, 3.8) is 0 Å². The molecule has 1 aromatic carbocycles. The minimum atomic E-state index is 0.715. The lowest BCUT2D eigenvalue weighted by atomic mass is 9.80. The van der Waals surface area contributed by atoms with E-state index in [-0.39, 0.29) is 0 Å². The predicted octanol–water partition coefficient (Wildman–Crippen LogP) is 6.39. The maximum atomic E-state index is 6.12. The third kappa shape index (κ3) is 5.54. The number of benzene rings is 1. The molecule has 0 radical (unpaired) electrons. The van der Waals surface area contributed by atoms with Crippen molar-refractivity contribution in [1.82, 2.24) is 9.97 Å². The average molecular weight is 367 g/mol. The van der Waals surface area contributed by atoms with Crippen molar-refractivity contribution < 1.29 is 4.74 Å². The van der Waals surface area contributed by atoms with Crippen molar-refractivity contribution in [2.45, 2.75) is 72.1 Å². The van der Waals surface area contributed by atoms with E-state index in [0.29, 0.717) is 5.92 Å². The van der Waals surface area contributed by atoms with Crippen LogP contribution in [0.4, 0.5) is 0 Å². The fourth-order valence-electron chi connectivity index (χ4n) is 4.20. The van der Waals surface area contributed by atoms with E-state index in [2.05, 4.69) is 48.9 Å². The van der Waals surface area contributed by atoms with Crippen molar-refractivity contribution >= 4 is 0 Å². The molecule has 0 spiro atoms. The number of nitrogens with zero attached hydrogens (tertiary/aromatic N) is 2. The van der Waals surface area contributed by atoms with Crippen LogP contribution in [0, 0.1) is 18.8 Å². The Kier molecular flexibility index (Phi) is 7.25. The fourth-order valence-corrected chi connectivity index (χ4v) is 4.20. The Hall–Kier alpha value is -1.90. The van der Waals surface area contributed by atoms with Gasteiger partial charge in [0.25, 0.3) is 0 Å². The zero-order valence-corrected chi connectivity index (χ0v) is 17.2. The molecule has 0 bridgehead atoms. The molecule has 146 valence electrons. The Labute approximate surface area is 164 Å². The molecule has 1 aromatic heterocycles. The second-order valence-electron chi connectivity index (χ2n) is 8.13. The summed E-state index contributed by atoms with van der Waals surface area (Å²) in [4.78, 5) is 9.10. The Morgan fingerprint density at radius 2 is 1.67 bits per heavy atom. The molecule has 0 atom stereocenters. The van der Waals surface area contributed by atoms with Crippen LogP contribution in [-0.4, -0.2) is 16.6 Å². The maximum absolute atomic E-state index is 6.12. The van der Waals surface area contributed by atoms with Crippen LogP contribution in [0.3, 0.4) is 0 Å². The van der Waals surface area contributed by atoms with Gasteiger partial charge in [-0.1, -0.05) is 46.0 Å². The highest BCUT2D eigenvalue weighted by Gasteiger charge is 2.21. The smallest absolute Gasteiger partial charge is 0.159 e. The van der Waals surface area contributed by atoms with Gasteiger partial charge in [-0.3, -0.25) is 0 Å². The predicted molar refractivity (Wildman–Crippen MR) is 112 cm³/mol. The van der Waals surface area contributed by atoms with Gasteiger partial charge in [0.15, 0.2) is 5.82 Å². The lowest BCUT2D eigenvalue weighted by Crippen LogP contribution is -2.20. The Bertz CT molecular complexity index is 703. The van der Waals surface area contributed by atoms with E-state index in [1.165, 1.54) is 49.7 Å². The van der Waals surface area contributed by atoms with Gasteiger partial charge in [0.05, 0.1) is 6.61 Å². The van der Waals surface area contributed by atoms with E-state index in [9.17, 15) is 0 Å². The zero-order chi connectivity index (χ0) is 19.1. The van der Waals surface area contributed by atoms with Crippen LogP contribution in [0.25, 0.3) is 11.4 Å². The molecular weight excluding hydrogens is 332 g/mol. The number of aryl methyl sites for hydroxylation is 2. The van der Waals surface area contributed by atoms with Crippen LogP contribution in [0.5, 0.6) is 5.75 Å². The number of aromatic nitrogens is 2. The summed E-state index contributed by atoms with van der Waals surface area (Å²) >= 11 is 0. The fraction of sp³-hybridized carbons (Fsp3) is 0.583. The van der Waals surface area contributed by atoms with Gasteiger partial charge in [0, 0.05) is 18.0 Å². The minimum absolute atomic E-state index is 0.715. The molecule has 0 saturated heterocycles.